The zero-order chi connectivity index (χ0) is 18.0. The first kappa shape index (κ1) is 17.7. The van der Waals surface area contributed by atoms with Crippen molar-refractivity contribution in [1.82, 2.24) is 14.8 Å². The van der Waals surface area contributed by atoms with Crippen LogP contribution in [0.5, 0.6) is 0 Å². The minimum atomic E-state index is -0.128. The van der Waals surface area contributed by atoms with E-state index in [1.165, 1.54) is 31.5 Å². The van der Waals surface area contributed by atoms with E-state index in [4.69, 9.17) is 0 Å². The number of nitrogens with one attached hydrogen (secondary N) is 1. The Kier molecular flexibility index (Phi) is 5.22. The van der Waals surface area contributed by atoms with E-state index < -0.39 is 0 Å². The molecule has 2 aromatic rings. The lowest BCUT2D eigenvalue weighted by Gasteiger charge is -2.13. The van der Waals surface area contributed by atoms with Gasteiger partial charge in [0.25, 0.3) is 0 Å². The van der Waals surface area contributed by atoms with Crippen molar-refractivity contribution in [2.75, 3.05) is 11.1 Å². The highest BCUT2D eigenvalue weighted by atomic mass is 32.2. The Bertz CT molecular complexity index is 796. The molecule has 3 rings (SSSR count). The Morgan fingerprint density at radius 3 is 2.72 bits per heavy atom. The van der Waals surface area contributed by atoms with Crippen molar-refractivity contribution >= 4 is 29.1 Å². The molecule has 7 heteroatoms. The molecule has 0 saturated heterocycles. The van der Waals surface area contributed by atoms with Crippen LogP contribution >= 0.6 is 11.8 Å². The van der Waals surface area contributed by atoms with Gasteiger partial charge >= 0.3 is 0 Å². The molecular weight excluding hydrogens is 336 g/mol. The Morgan fingerprint density at radius 1 is 1.32 bits per heavy atom. The van der Waals surface area contributed by atoms with Crippen LogP contribution in [0.2, 0.25) is 0 Å². The summed E-state index contributed by atoms with van der Waals surface area (Å²) in [6.07, 6.45) is 2.34. The molecule has 1 aromatic heterocycles. The lowest BCUT2D eigenvalue weighted by molar-refractivity contribution is -0.113. The van der Waals surface area contributed by atoms with E-state index in [1.54, 1.807) is 24.3 Å². The third kappa shape index (κ3) is 4.28. The van der Waals surface area contributed by atoms with E-state index in [1.807, 2.05) is 0 Å². The summed E-state index contributed by atoms with van der Waals surface area (Å²) in [5, 5.41) is 12.2. The van der Waals surface area contributed by atoms with E-state index in [-0.39, 0.29) is 23.5 Å². The molecule has 1 saturated carbocycles. The van der Waals surface area contributed by atoms with Crippen LogP contribution in [0.25, 0.3) is 0 Å². The monoisotopic (exact) mass is 358 g/mol. The van der Waals surface area contributed by atoms with E-state index in [0.717, 1.165) is 11.0 Å². The van der Waals surface area contributed by atoms with Crippen molar-refractivity contribution in [3.8, 4) is 0 Å². The molecule has 1 N–H and O–H groups in total. The number of thioether (sulfide) groups is 1. The number of carbonyl (C=O) groups is 2. The van der Waals surface area contributed by atoms with Crippen LogP contribution in [0.4, 0.5) is 5.69 Å². The molecule has 1 heterocycles. The van der Waals surface area contributed by atoms with Gasteiger partial charge in [-0.15, -0.1) is 10.2 Å². The molecule has 6 nitrogen and oxygen atoms in total. The maximum absolute atomic E-state index is 12.2. The molecule has 0 bridgehead atoms. The first-order valence-electron chi connectivity index (χ1n) is 8.44. The fourth-order valence-corrected chi connectivity index (χ4v) is 3.51. The van der Waals surface area contributed by atoms with Crippen LogP contribution < -0.4 is 5.32 Å². The Morgan fingerprint density at radius 2 is 2.08 bits per heavy atom. The van der Waals surface area contributed by atoms with Crippen molar-refractivity contribution in [1.29, 1.82) is 0 Å². The quantitative estimate of drug-likeness (QED) is 0.604. The minimum Gasteiger partial charge on any atom is -0.325 e. The van der Waals surface area contributed by atoms with Crippen molar-refractivity contribution < 1.29 is 9.59 Å². The summed E-state index contributed by atoms with van der Waals surface area (Å²) in [6, 6.07) is 7.22. The number of Topliss-reactive ketones (excluding diaryl/α,β-unsaturated/α-hetero) is 1. The summed E-state index contributed by atoms with van der Waals surface area (Å²) in [5.74, 6) is 1.65. The maximum atomic E-state index is 12.2. The molecule has 1 fully saturated rings. The molecule has 0 radical (unpaired) electrons. The zero-order valence-corrected chi connectivity index (χ0v) is 15.5. The summed E-state index contributed by atoms with van der Waals surface area (Å²) < 4.78 is 2.13. The Balaban J connectivity index is 1.63. The fourth-order valence-electron chi connectivity index (χ4n) is 2.64. The number of anilines is 1. The second-order valence-electron chi connectivity index (χ2n) is 6.55. The summed E-state index contributed by atoms with van der Waals surface area (Å²) in [5.41, 5.74) is 1.21. The predicted octanol–water partition coefficient (Wildman–Crippen LogP) is 3.67. The highest BCUT2D eigenvalue weighted by Crippen LogP contribution is 2.41. The molecule has 0 atom stereocenters. The SMILES string of the molecule is CC(=O)c1cccc(NC(=O)CSc2nnc(C3CC3)n2C(C)C)c1. The molecule has 1 aliphatic rings. The van der Waals surface area contributed by atoms with Gasteiger partial charge in [0.1, 0.15) is 5.82 Å². The van der Waals surface area contributed by atoms with E-state index >= 15 is 0 Å². The zero-order valence-electron chi connectivity index (χ0n) is 14.7. The van der Waals surface area contributed by atoms with Gasteiger partial charge in [0.05, 0.1) is 5.75 Å². The summed E-state index contributed by atoms with van der Waals surface area (Å²) in [7, 11) is 0. The number of benzene rings is 1. The molecule has 0 aliphatic heterocycles. The van der Waals surface area contributed by atoms with Gasteiger partial charge in [-0.25, -0.2) is 0 Å². The molecule has 1 amide bonds. The number of ketones is 1. The third-order valence-corrected chi connectivity index (χ3v) is 4.98. The molecule has 25 heavy (non-hydrogen) atoms. The van der Waals surface area contributed by atoms with Crippen LogP contribution in [0, 0.1) is 0 Å². The van der Waals surface area contributed by atoms with Crippen molar-refractivity contribution in [2.24, 2.45) is 0 Å². The highest BCUT2D eigenvalue weighted by molar-refractivity contribution is 7.99. The minimum absolute atomic E-state index is 0.0249. The van der Waals surface area contributed by atoms with Crippen LogP contribution in [0.3, 0.4) is 0 Å². The van der Waals surface area contributed by atoms with E-state index in [9.17, 15) is 9.59 Å². The predicted molar refractivity (Wildman–Crippen MR) is 98.2 cm³/mol. The van der Waals surface area contributed by atoms with E-state index in [2.05, 4.69) is 33.9 Å². The second kappa shape index (κ2) is 7.39. The molecule has 132 valence electrons. The standard InChI is InChI=1S/C18H22N4O2S/c1-11(2)22-17(13-7-8-13)20-21-18(22)25-10-16(24)19-15-6-4-5-14(9-15)12(3)23/h4-6,9,11,13H,7-8,10H2,1-3H3,(H,19,24). The maximum Gasteiger partial charge on any atom is 0.234 e. The number of aromatic nitrogens is 3. The summed E-state index contributed by atoms with van der Waals surface area (Å²) in [6.45, 7) is 5.71. The lowest BCUT2D eigenvalue weighted by Crippen LogP contribution is -2.15. The van der Waals surface area contributed by atoms with Crippen molar-refractivity contribution in [3.05, 3.63) is 35.7 Å². The Labute approximate surface area is 151 Å². The number of hydrogen-bond acceptors (Lipinski definition) is 5. The van der Waals surface area contributed by atoms with Gasteiger partial charge in [-0.2, -0.15) is 0 Å². The van der Waals surface area contributed by atoms with Gasteiger partial charge in [-0.3, -0.25) is 9.59 Å². The summed E-state index contributed by atoms with van der Waals surface area (Å²) in [4.78, 5) is 23.6. The number of hydrogen-bond donors (Lipinski definition) is 1. The lowest BCUT2D eigenvalue weighted by atomic mass is 10.1. The van der Waals surface area contributed by atoms with Crippen LogP contribution in [0.1, 0.15) is 61.8 Å². The number of nitrogens with zero attached hydrogens (tertiary/aromatic N) is 3. The van der Waals surface area contributed by atoms with Crippen molar-refractivity contribution in [2.45, 2.75) is 50.7 Å². The molecule has 0 spiro atoms. The number of carbonyl (C=O) groups excluding carboxylic acids is 2. The molecule has 1 aliphatic carbocycles. The van der Waals surface area contributed by atoms with Crippen LogP contribution in [-0.2, 0) is 4.79 Å². The first-order valence-corrected chi connectivity index (χ1v) is 9.42. The Hall–Kier alpha value is -2.15. The molecular formula is C18H22N4O2S. The summed E-state index contributed by atoms with van der Waals surface area (Å²) >= 11 is 1.39. The van der Waals surface area contributed by atoms with Crippen LogP contribution in [-0.4, -0.2) is 32.2 Å². The largest absolute Gasteiger partial charge is 0.325 e. The van der Waals surface area contributed by atoms with Gasteiger partial charge in [0.15, 0.2) is 10.9 Å². The normalized spacial score (nSPS) is 13.9. The van der Waals surface area contributed by atoms with Gasteiger partial charge < -0.3 is 9.88 Å². The topological polar surface area (TPSA) is 76.9 Å². The third-order valence-electron chi connectivity index (χ3n) is 4.04. The van der Waals surface area contributed by atoms with Gasteiger partial charge in [-0.1, -0.05) is 23.9 Å². The number of amides is 1. The number of rotatable bonds is 7. The average molecular weight is 358 g/mol. The van der Waals surface area contributed by atoms with E-state index in [0.29, 0.717) is 17.2 Å². The fraction of sp³-hybridized carbons (Fsp3) is 0.444. The van der Waals surface area contributed by atoms with Crippen LogP contribution in [0.15, 0.2) is 29.4 Å². The highest BCUT2D eigenvalue weighted by Gasteiger charge is 2.31. The smallest absolute Gasteiger partial charge is 0.234 e. The van der Waals surface area contributed by atoms with Gasteiger partial charge in [0, 0.05) is 23.2 Å². The first-order chi connectivity index (χ1) is 12.0. The average Bonchev–Trinajstić information content (AvgIpc) is 3.32. The van der Waals surface area contributed by atoms with Gasteiger partial charge in [-0.05, 0) is 45.7 Å². The molecule has 1 aromatic carbocycles. The van der Waals surface area contributed by atoms with Crippen molar-refractivity contribution in [3.63, 3.8) is 0 Å². The van der Waals surface area contributed by atoms with Gasteiger partial charge in [0.2, 0.25) is 5.91 Å². The molecule has 0 unspecified atom stereocenters. The second-order valence-corrected chi connectivity index (χ2v) is 7.50.